The van der Waals surface area contributed by atoms with Gasteiger partial charge in [-0.15, -0.1) is 0 Å². The molecule has 0 spiro atoms. The highest BCUT2D eigenvalue weighted by atomic mass is 79.9. The third-order valence-corrected chi connectivity index (χ3v) is 3.76. The standard InChI is InChI=1S/C17H28BrNO2/c1-6-20-11-13(2)21-12-15-8-7-14(9-16(15)18)10-19-17(3,4)5/h7-9,13,19H,6,10-12H2,1-5H3. The van der Waals surface area contributed by atoms with Crippen LogP contribution in [0.2, 0.25) is 0 Å². The van der Waals surface area contributed by atoms with E-state index in [0.29, 0.717) is 13.2 Å². The fraction of sp³-hybridized carbons (Fsp3) is 0.647. The molecule has 0 fully saturated rings. The molecule has 0 aliphatic rings. The van der Waals surface area contributed by atoms with E-state index in [0.717, 1.165) is 23.2 Å². The molecule has 0 amide bonds. The van der Waals surface area contributed by atoms with E-state index in [1.54, 1.807) is 0 Å². The normalized spacial score (nSPS) is 13.4. The summed E-state index contributed by atoms with van der Waals surface area (Å²) in [5.41, 5.74) is 2.56. The van der Waals surface area contributed by atoms with Gasteiger partial charge in [0.05, 0.1) is 19.3 Å². The molecule has 0 saturated carbocycles. The molecule has 1 aromatic rings. The average Bonchev–Trinajstić information content (AvgIpc) is 2.41. The van der Waals surface area contributed by atoms with Crippen molar-refractivity contribution in [2.75, 3.05) is 13.2 Å². The van der Waals surface area contributed by atoms with Crippen LogP contribution in [-0.2, 0) is 22.6 Å². The van der Waals surface area contributed by atoms with Crippen molar-refractivity contribution in [1.82, 2.24) is 5.32 Å². The van der Waals surface area contributed by atoms with Crippen molar-refractivity contribution < 1.29 is 9.47 Å². The van der Waals surface area contributed by atoms with E-state index in [1.165, 1.54) is 5.56 Å². The minimum Gasteiger partial charge on any atom is -0.379 e. The van der Waals surface area contributed by atoms with Gasteiger partial charge in [0.25, 0.3) is 0 Å². The van der Waals surface area contributed by atoms with Crippen LogP contribution >= 0.6 is 15.9 Å². The molecule has 0 heterocycles. The Morgan fingerprint density at radius 3 is 2.57 bits per heavy atom. The number of hydrogen-bond donors (Lipinski definition) is 1. The molecule has 3 nitrogen and oxygen atoms in total. The van der Waals surface area contributed by atoms with Gasteiger partial charge < -0.3 is 14.8 Å². The molecule has 0 radical (unpaired) electrons. The Bertz CT molecular complexity index is 429. The third kappa shape index (κ3) is 7.96. The Morgan fingerprint density at radius 1 is 1.29 bits per heavy atom. The lowest BCUT2D eigenvalue weighted by molar-refractivity contribution is -0.0118. The molecule has 0 aliphatic carbocycles. The summed E-state index contributed by atoms with van der Waals surface area (Å²) in [6.07, 6.45) is 0.110. The summed E-state index contributed by atoms with van der Waals surface area (Å²) in [7, 11) is 0. The maximum atomic E-state index is 5.79. The third-order valence-electron chi connectivity index (χ3n) is 3.02. The van der Waals surface area contributed by atoms with Gasteiger partial charge in [-0.1, -0.05) is 28.1 Å². The van der Waals surface area contributed by atoms with Crippen molar-refractivity contribution in [1.29, 1.82) is 0 Å². The van der Waals surface area contributed by atoms with Gasteiger partial charge in [0.1, 0.15) is 0 Å². The molecule has 21 heavy (non-hydrogen) atoms. The molecule has 1 unspecified atom stereocenters. The van der Waals surface area contributed by atoms with Gasteiger partial charge in [-0.3, -0.25) is 0 Å². The van der Waals surface area contributed by atoms with E-state index in [4.69, 9.17) is 9.47 Å². The summed E-state index contributed by atoms with van der Waals surface area (Å²) in [6.45, 7) is 13.4. The fourth-order valence-corrected chi connectivity index (χ4v) is 2.29. The van der Waals surface area contributed by atoms with Crippen molar-refractivity contribution in [3.63, 3.8) is 0 Å². The summed E-state index contributed by atoms with van der Waals surface area (Å²) in [4.78, 5) is 0. The maximum absolute atomic E-state index is 5.79. The Hall–Kier alpha value is -0.420. The maximum Gasteiger partial charge on any atom is 0.0785 e. The molecule has 0 aromatic heterocycles. The van der Waals surface area contributed by atoms with Crippen LogP contribution in [0.5, 0.6) is 0 Å². The SMILES string of the molecule is CCOCC(C)OCc1ccc(CNC(C)(C)C)cc1Br. The molecular formula is C17H28BrNO2. The molecule has 0 bridgehead atoms. The first-order valence-corrected chi connectivity index (χ1v) is 8.33. The zero-order valence-corrected chi connectivity index (χ0v) is 15.4. The summed E-state index contributed by atoms with van der Waals surface area (Å²) in [6, 6.07) is 6.43. The van der Waals surface area contributed by atoms with E-state index >= 15 is 0 Å². The molecule has 1 aromatic carbocycles. The van der Waals surface area contributed by atoms with Crippen LogP contribution in [0.1, 0.15) is 45.7 Å². The lowest BCUT2D eigenvalue weighted by Crippen LogP contribution is -2.35. The molecule has 4 heteroatoms. The van der Waals surface area contributed by atoms with Crippen LogP contribution in [0.15, 0.2) is 22.7 Å². The van der Waals surface area contributed by atoms with Crippen LogP contribution in [-0.4, -0.2) is 24.9 Å². The Labute approximate surface area is 137 Å². The highest BCUT2D eigenvalue weighted by molar-refractivity contribution is 9.10. The fourth-order valence-electron chi connectivity index (χ4n) is 1.75. The van der Waals surface area contributed by atoms with E-state index in [9.17, 15) is 0 Å². The predicted octanol–water partition coefficient (Wildman–Crippen LogP) is 4.28. The average molecular weight is 358 g/mol. The van der Waals surface area contributed by atoms with Gasteiger partial charge in [0.2, 0.25) is 0 Å². The monoisotopic (exact) mass is 357 g/mol. The molecule has 1 rings (SSSR count). The molecule has 0 aliphatic heterocycles. The smallest absolute Gasteiger partial charge is 0.0785 e. The number of nitrogens with one attached hydrogen (secondary N) is 1. The van der Waals surface area contributed by atoms with Gasteiger partial charge >= 0.3 is 0 Å². The van der Waals surface area contributed by atoms with Gasteiger partial charge in [-0.25, -0.2) is 0 Å². The second kappa shape index (κ2) is 8.89. The van der Waals surface area contributed by atoms with Gasteiger partial charge in [0.15, 0.2) is 0 Å². The van der Waals surface area contributed by atoms with Gasteiger partial charge in [-0.05, 0) is 51.8 Å². The van der Waals surface area contributed by atoms with E-state index in [1.807, 2.05) is 13.8 Å². The largest absolute Gasteiger partial charge is 0.379 e. The van der Waals surface area contributed by atoms with Gasteiger partial charge in [0, 0.05) is 23.2 Å². The highest BCUT2D eigenvalue weighted by Crippen LogP contribution is 2.20. The first kappa shape index (κ1) is 18.6. The molecule has 1 N–H and O–H groups in total. The molecule has 1 atom stereocenters. The first-order chi connectivity index (χ1) is 9.81. The van der Waals surface area contributed by atoms with Crippen molar-refractivity contribution in [2.45, 2.75) is 59.4 Å². The number of ether oxygens (including phenoxy) is 2. The lowest BCUT2D eigenvalue weighted by Gasteiger charge is -2.21. The second-order valence-corrected chi connectivity index (χ2v) is 7.16. The Kier molecular flexibility index (Phi) is 7.88. The Morgan fingerprint density at radius 2 is 2.00 bits per heavy atom. The van der Waals surface area contributed by atoms with Crippen LogP contribution in [0.25, 0.3) is 0 Å². The lowest BCUT2D eigenvalue weighted by atomic mass is 10.1. The summed E-state index contributed by atoms with van der Waals surface area (Å²) < 4.78 is 12.2. The van der Waals surface area contributed by atoms with Crippen LogP contribution in [0.4, 0.5) is 0 Å². The van der Waals surface area contributed by atoms with E-state index in [-0.39, 0.29) is 11.6 Å². The summed E-state index contributed by atoms with van der Waals surface area (Å²) >= 11 is 3.63. The predicted molar refractivity (Wildman–Crippen MR) is 91.5 cm³/mol. The second-order valence-electron chi connectivity index (χ2n) is 6.31. The molecule has 120 valence electrons. The van der Waals surface area contributed by atoms with E-state index in [2.05, 4.69) is 60.2 Å². The summed E-state index contributed by atoms with van der Waals surface area (Å²) in [5, 5.41) is 3.49. The zero-order chi connectivity index (χ0) is 15.9. The molecule has 0 saturated heterocycles. The van der Waals surface area contributed by atoms with Gasteiger partial charge in [-0.2, -0.15) is 0 Å². The van der Waals surface area contributed by atoms with Crippen molar-refractivity contribution in [3.05, 3.63) is 33.8 Å². The summed E-state index contributed by atoms with van der Waals surface area (Å²) in [5.74, 6) is 0. The molecular weight excluding hydrogens is 330 g/mol. The van der Waals surface area contributed by atoms with Crippen molar-refractivity contribution in [2.24, 2.45) is 0 Å². The Balaban J connectivity index is 2.50. The van der Waals surface area contributed by atoms with E-state index < -0.39 is 0 Å². The van der Waals surface area contributed by atoms with Crippen LogP contribution < -0.4 is 5.32 Å². The minimum absolute atomic E-state index is 0.110. The van der Waals surface area contributed by atoms with Crippen molar-refractivity contribution >= 4 is 15.9 Å². The number of rotatable bonds is 8. The van der Waals surface area contributed by atoms with Crippen LogP contribution in [0.3, 0.4) is 0 Å². The minimum atomic E-state index is 0.110. The van der Waals surface area contributed by atoms with Crippen molar-refractivity contribution in [3.8, 4) is 0 Å². The number of benzene rings is 1. The number of halogens is 1. The topological polar surface area (TPSA) is 30.5 Å². The number of hydrogen-bond acceptors (Lipinski definition) is 3. The zero-order valence-electron chi connectivity index (χ0n) is 13.8. The highest BCUT2D eigenvalue weighted by Gasteiger charge is 2.10. The van der Waals surface area contributed by atoms with Crippen LogP contribution in [0, 0.1) is 0 Å². The first-order valence-electron chi connectivity index (χ1n) is 7.53. The quantitative estimate of drug-likeness (QED) is 0.753.